The minimum atomic E-state index is 0.260. The summed E-state index contributed by atoms with van der Waals surface area (Å²) in [5.41, 5.74) is 2.83. The van der Waals surface area contributed by atoms with E-state index in [1.54, 1.807) is 0 Å². The Balaban J connectivity index is 2.29. The molecule has 0 radical (unpaired) electrons. The third-order valence-electron chi connectivity index (χ3n) is 2.78. The quantitative estimate of drug-likeness (QED) is 0.735. The molecule has 0 N–H and O–H groups in total. The molecule has 2 nitrogen and oxygen atoms in total. The Bertz CT molecular complexity index is 346. The van der Waals surface area contributed by atoms with Crippen LogP contribution in [0.5, 0.6) is 5.75 Å². The largest absolute Gasteiger partial charge is 0.491 e. The van der Waals surface area contributed by atoms with Crippen molar-refractivity contribution in [3.8, 4) is 5.75 Å². The van der Waals surface area contributed by atoms with Crippen molar-refractivity contribution in [2.75, 3.05) is 13.6 Å². The van der Waals surface area contributed by atoms with E-state index in [4.69, 9.17) is 4.74 Å². The SMILES string of the molecule is CC(C)Oc1cccc2c1CCN(C)C2. The van der Waals surface area contributed by atoms with Gasteiger partial charge in [0.1, 0.15) is 5.75 Å². The lowest BCUT2D eigenvalue weighted by Gasteiger charge is -2.27. The molecule has 0 saturated carbocycles. The molecule has 2 heteroatoms. The van der Waals surface area contributed by atoms with Crippen LogP contribution in [0.3, 0.4) is 0 Å². The van der Waals surface area contributed by atoms with Crippen molar-refractivity contribution in [1.29, 1.82) is 0 Å². The number of nitrogens with zero attached hydrogens (tertiary/aromatic N) is 1. The van der Waals surface area contributed by atoms with Crippen LogP contribution in [-0.2, 0) is 13.0 Å². The normalized spacial score (nSPS) is 16.5. The van der Waals surface area contributed by atoms with Crippen molar-refractivity contribution < 1.29 is 4.74 Å². The summed E-state index contributed by atoms with van der Waals surface area (Å²) in [6.07, 6.45) is 1.37. The van der Waals surface area contributed by atoms with E-state index in [2.05, 4.69) is 44.0 Å². The van der Waals surface area contributed by atoms with Crippen molar-refractivity contribution in [3.05, 3.63) is 29.3 Å². The van der Waals surface area contributed by atoms with Gasteiger partial charge in [-0.1, -0.05) is 12.1 Å². The van der Waals surface area contributed by atoms with Crippen LogP contribution in [0.1, 0.15) is 25.0 Å². The maximum absolute atomic E-state index is 5.83. The lowest BCUT2D eigenvalue weighted by Crippen LogP contribution is -2.27. The fourth-order valence-corrected chi connectivity index (χ4v) is 2.08. The van der Waals surface area contributed by atoms with Crippen LogP contribution in [0.15, 0.2) is 18.2 Å². The highest BCUT2D eigenvalue weighted by molar-refractivity contribution is 5.41. The number of likely N-dealkylation sites (N-methyl/N-ethyl adjacent to an activating group) is 1. The van der Waals surface area contributed by atoms with Gasteiger partial charge in [0.2, 0.25) is 0 Å². The molecule has 15 heavy (non-hydrogen) atoms. The summed E-state index contributed by atoms with van der Waals surface area (Å²) in [6.45, 7) is 6.33. The van der Waals surface area contributed by atoms with E-state index < -0.39 is 0 Å². The molecule has 0 aliphatic carbocycles. The predicted molar refractivity (Wildman–Crippen MR) is 62.2 cm³/mol. The highest BCUT2D eigenvalue weighted by Gasteiger charge is 2.17. The molecule has 1 aliphatic heterocycles. The Hall–Kier alpha value is -1.02. The first kappa shape index (κ1) is 10.5. The third-order valence-corrected chi connectivity index (χ3v) is 2.78. The van der Waals surface area contributed by atoms with Gasteiger partial charge in [-0.25, -0.2) is 0 Å². The van der Waals surface area contributed by atoms with Crippen molar-refractivity contribution >= 4 is 0 Å². The second-order valence-corrected chi connectivity index (χ2v) is 4.55. The molecule has 0 saturated heterocycles. The van der Waals surface area contributed by atoms with E-state index >= 15 is 0 Å². The first-order chi connectivity index (χ1) is 7.16. The maximum atomic E-state index is 5.83. The molecular formula is C13H19NO. The fourth-order valence-electron chi connectivity index (χ4n) is 2.08. The van der Waals surface area contributed by atoms with E-state index in [0.717, 1.165) is 25.3 Å². The van der Waals surface area contributed by atoms with Gasteiger partial charge in [0.25, 0.3) is 0 Å². The minimum absolute atomic E-state index is 0.260. The van der Waals surface area contributed by atoms with Gasteiger partial charge in [-0.05, 0) is 44.5 Å². The summed E-state index contributed by atoms with van der Waals surface area (Å²) in [4.78, 5) is 2.35. The number of hydrogen-bond donors (Lipinski definition) is 0. The van der Waals surface area contributed by atoms with E-state index in [-0.39, 0.29) is 6.10 Å². The van der Waals surface area contributed by atoms with Crippen molar-refractivity contribution in [1.82, 2.24) is 4.90 Å². The first-order valence-electron chi connectivity index (χ1n) is 5.63. The Morgan fingerprint density at radius 3 is 2.87 bits per heavy atom. The van der Waals surface area contributed by atoms with Gasteiger partial charge in [-0.15, -0.1) is 0 Å². The highest BCUT2D eigenvalue weighted by atomic mass is 16.5. The van der Waals surface area contributed by atoms with Crippen LogP contribution in [0.4, 0.5) is 0 Å². The minimum Gasteiger partial charge on any atom is -0.491 e. The Labute approximate surface area is 91.9 Å². The summed E-state index contributed by atoms with van der Waals surface area (Å²) in [5, 5.41) is 0. The molecule has 0 spiro atoms. The molecule has 1 aliphatic rings. The first-order valence-corrected chi connectivity index (χ1v) is 5.63. The topological polar surface area (TPSA) is 12.5 Å². The Morgan fingerprint density at radius 2 is 2.13 bits per heavy atom. The molecular weight excluding hydrogens is 186 g/mol. The zero-order valence-electron chi connectivity index (χ0n) is 9.79. The second-order valence-electron chi connectivity index (χ2n) is 4.55. The van der Waals surface area contributed by atoms with Crippen molar-refractivity contribution in [2.45, 2.75) is 32.9 Å². The molecule has 1 aromatic rings. The van der Waals surface area contributed by atoms with Gasteiger partial charge >= 0.3 is 0 Å². The van der Waals surface area contributed by atoms with Crippen LogP contribution in [0, 0.1) is 0 Å². The summed E-state index contributed by atoms with van der Waals surface area (Å²) >= 11 is 0. The maximum Gasteiger partial charge on any atom is 0.123 e. The molecule has 0 bridgehead atoms. The summed E-state index contributed by atoms with van der Waals surface area (Å²) < 4.78 is 5.83. The summed E-state index contributed by atoms with van der Waals surface area (Å²) in [5.74, 6) is 1.08. The van der Waals surface area contributed by atoms with Crippen LogP contribution in [0.2, 0.25) is 0 Å². The summed E-state index contributed by atoms with van der Waals surface area (Å²) in [6, 6.07) is 6.39. The Kier molecular flexibility index (Phi) is 2.96. The fraction of sp³-hybridized carbons (Fsp3) is 0.538. The number of benzene rings is 1. The molecule has 0 fully saturated rings. The smallest absolute Gasteiger partial charge is 0.123 e. The summed E-state index contributed by atoms with van der Waals surface area (Å²) in [7, 11) is 2.17. The monoisotopic (exact) mass is 205 g/mol. The van der Waals surface area contributed by atoms with Crippen molar-refractivity contribution in [2.24, 2.45) is 0 Å². The van der Waals surface area contributed by atoms with Crippen LogP contribution >= 0.6 is 0 Å². The van der Waals surface area contributed by atoms with Gasteiger partial charge < -0.3 is 9.64 Å². The Morgan fingerprint density at radius 1 is 1.33 bits per heavy atom. The number of ether oxygens (including phenoxy) is 1. The van der Waals surface area contributed by atoms with Gasteiger partial charge in [0, 0.05) is 13.1 Å². The lowest BCUT2D eigenvalue weighted by atomic mass is 9.99. The average molecular weight is 205 g/mol. The van der Waals surface area contributed by atoms with E-state index in [1.165, 1.54) is 11.1 Å². The molecule has 0 amide bonds. The van der Waals surface area contributed by atoms with Gasteiger partial charge in [0.15, 0.2) is 0 Å². The van der Waals surface area contributed by atoms with Crippen LogP contribution < -0.4 is 4.74 Å². The standard InChI is InChI=1S/C13H19NO/c1-10(2)15-13-6-4-5-11-9-14(3)8-7-12(11)13/h4-6,10H,7-9H2,1-3H3. The third kappa shape index (κ3) is 2.32. The molecule has 0 atom stereocenters. The average Bonchev–Trinajstić information content (AvgIpc) is 2.16. The molecule has 82 valence electrons. The molecule has 0 aromatic heterocycles. The van der Waals surface area contributed by atoms with Crippen LogP contribution in [0.25, 0.3) is 0 Å². The number of rotatable bonds is 2. The molecule has 1 heterocycles. The molecule has 1 aromatic carbocycles. The van der Waals surface area contributed by atoms with E-state index in [1.807, 2.05) is 0 Å². The number of hydrogen-bond acceptors (Lipinski definition) is 2. The highest BCUT2D eigenvalue weighted by Crippen LogP contribution is 2.27. The number of fused-ring (bicyclic) bond motifs is 1. The van der Waals surface area contributed by atoms with Crippen LogP contribution in [-0.4, -0.2) is 24.6 Å². The predicted octanol–water partition coefficient (Wildman–Crippen LogP) is 2.46. The molecule has 2 rings (SSSR count). The van der Waals surface area contributed by atoms with Gasteiger partial charge in [0.05, 0.1) is 6.10 Å². The van der Waals surface area contributed by atoms with Gasteiger partial charge in [-0.3, -0.25) is 0 Å². The molecule has 0 unspecified atom stereocenters. The zero-order valence-corrected chi connectivity index (χ0v) is 9.79. The zero-order chi connectivity index (χ0) is 10.8. The van der Waals surface area contributed by atoms with E-state index in [9.17, 15) is 0 Å². The van der Waals surface area contributed by atoms with Gasteiger partial charge in [-0.2, -0.15) is 0 Å². The van der Waals surface area contributed by atoms with Crippen molar-refractivity contribution in [3.63, 3.8) is 0 Å². The second kappa shape index (κ2) is 4.23. The van der Waals surface area contributed by atoms with E-state index in [0.29, 0.717) is 0 Å². The lowest BCUT2D eigenvalue weighted by molar-refractivity contribution is 0.234.